The van der Waals surface area contributed by atoms with Crippen LogP contribution < -0.4 is 20.7 Å². The number of aromatic nitrogens is 3. The number of hydrogen-bond donors (Lipinski definition) is 3. The number of anilines is 2. The van der Waals surface area contributed by atoms with Gasteiger partial charge in [-0.3, -0.25) is 4.79 Å². The number of carbonyl (C=O) groups excluding carboxylic acids is 1. The molecule has 1 aromatic heterocycles. The van der Waals surface area contributed by atoms with E-state index in [-0.39, 0.29) is 17.9 Å². The third kappa shape index (κ3) is 5.78. The number of methoxy groups -OCH3 is 1. The molecule has 0 aromatic carbocycles. The van der Waals surface area contributed by atoms with E-state index in [4.69, 9.17) is 9.47 Å². The number of nitrogens with zero attached hydrogens (tertiary/aromatic N) is 3. The molecule has 0 fully saturated rings. The summed E-state index contributed by atoms with van der Waals surface area (Å²) in [5.41, 5.74) is 0. The van der Waals surface area contributed by atoms with Gasteiger partial charge in [-0.15, -0.1) is 0 Å². The van der Waals surface area contributed by atoms with Crippen LogP contribution in [0.5, 0.6) is 6.01 Å². The highest BCUT2D eigenvalue weighted by atomic mass is 16.5. The van der Waals surface area contributed by atoms with Gasteiger partial charge in [0, 0.05) is 20.7 Å². The van der Waals surface area contributed by atoms with Gasteiger partial charge >= 0.3 is 6.01 Å². The molecular formula is C12H22N6O3. The molecule has 1 rings (SSSR count). The van der Waals surface area contributed by atoms with Crippen molar-refractivity contribution >= 4 is 17.8 Å². The Kier molecular flexibility index (Phi) is 7.16. The van der Waals surface area contributed by atoms with Crippen LogP contribution in [0.3, 0.4) is 0 Å². The Bertz CT molecular complexity index is 457. The largest absolute Gasteiger partial charge is 0.464 e. The van der Waals surface area contributed by atoms with Crippen molar-refractivity contribution in [3.63, 3.8) is 0 Å². The third-order valence-corrected chi connectivity index (χ3v) is 2.46. The Balaban J connectivity index is 2.67. The molecule has 9 heteroatoms. The minimum Gasteiger partial charge on any atom is -0.464 e. The van der Waals surface area contributed by atoms with E-state index in [0.29, 0.717) is 25.7 Å². The molecule has 0 bridgehead atoms. The summed E-state index contributed by atoms with van der Waals surface area (Å²) in [4.78, 5) is 24.1. The first-order valence-electron chi connectivity index (χ1n) is 6.70. The van der Waals surface area contributed by atoms with Gasteiger partial charge < -0.3 is 25.4 Å². The highest BCUT2D eigenvalue weighted by molar-refractivity contribution is 5.83. The van der Waals surface area contributed by atoms with E-state index in [0.717, 1.165) is 0 Å². The zero-order valence-corrected chi connectivity index (χ0v) is 12.8. The maximum Gasteiger partial charge on any atom is 0.323 e. The number of amides is 1. The molecule has 0 radical (unpaired) electrons. The van der Waals surface area contributed by atoms with Crippen molar-refractivity contribution in [3.8, 4) is 6.01 Å². The van der Waals surface area contributed by atoms with E-state index >= 15 is 0 Å². The normalized spacial score (nSPS) is 11.6. The summed E-state index contributed by atoms with van der Waals surface area (Å²) >= 11 is 0. The number of rotatable bonds is 9. The Labute approximate surface area is 123 Å². The van der Waals surface area contributed by atoms with Crippen molar-refractivity contribution in [2.24, 2.45) is 0 Å². The van der Waals surface area contributed by atoms with Crippen molar-refractivity contribution in [3.05, 3.63) is 0 Å². The number of hydrogen-bond acceptors (Lipinski definition) is 8. The van der Waals surface area contributed by atoms with Gasteiger partial charge in [0.1, 0.15) is 6.04 Å². The topological polar surface area (TPSA) is 110 Å². The smallest absolute Gasteiger partial charge is 0.323 e. The summed E-state index contributed by atoms with van der Waals surface area (Å²) in [6.07, 6.45) is 0. The van der Waals surface area contributed by atoms with E-state index < -0.39 is 6.04 Å². The molecule has 0 aliphatic rings. The van der Waals surface area contributed by atoms with Crippen LogP contribution in [-0.4, -0.2) is 60.8 Å². The lowest BCUT2D eigenvalue weighted by Crippen LogP contribution is -2.39. The van der Waals surface area contributed by atoms with Gasteiger partial charge in [-0.05, 0) is 13.8 Å². The first kappa shape index (κ1) is 16.9. The summed E-state index contributed by atoms with van der Waals surface area (Å²) in [6.45, 7) is 4.90. The van der Waals surface area contributed by atoms with Crippen LogP contribution in [-0.2, 0) is 9.53 Å². The molecule has 0 spiro atoms. The summed E-state index contributed by atoms with van der Waals surface area (Å²) in [6, 6.07) is -0.297. The van der Waals surface area contributed by atoms with Crippen LogP contribution in [0.4, 0.5) is 11.9 Å². The van der Waals surface area contributed by atoms with Crippen LogP contribution in [0, 0.1) is 0 Å². The number of carbonyl (C=O) groups is 1. The lowest BCUT2D eigenvalue weighted by molar-refractivity contribution is -0.121. The standard InChI is InChI=1S/C12H22N6O3/c1-5-21-12-17-10(13-3)16-11(18-12)15-8(2)9(19)14-6-7-20-4/h8H,5-7H2,1-4H3,(H,14,19)(H2,13,15,16,17,18). The zero-order valence-electron chi connectivity index (χ0n) is 12.8. The van der Waals surface area contributed by atoms with Gasteiger partial charge in [0.2, 0.25) is 17.8 Å². The second-order valence-electron chi connectivity index (χ2n) is 4.10. The fraction of sp³-hybridized carbons (Fsp3) is 0.667. The highest BCUT2D eigenvalue weighted by Crippen LogP contribution is 2.11. The second kappa shape index (κ2) is 8.90. The van der Waals surface area contributed by atoms with Crippen molar-refractivity contribution in [2.45, 2.75) is 19.9 Å². The first-order chi connectivity index (χ1) is 10.1. The quantitative estimate of drug-likeness (QED) is 0.541. The van der Waals surface area contributed by atoms with E-state index in [1.807, 2.05) is 6.92 Å². The monoisotopic (exact) mass is 298 g/mol. The maximum absolute atomic E-state index is 11.8. The van der Waals surface area contributed by atoms with Crippen LogP contribution in [0.1, 0.15) is 13.8 Å². The Hall–Kier alpha value is -2.16. The van der Waals surface area contributed by atoms with Gasteiger partial charge in [0.25, 0.3) is 0 Å². The predicted molar refractivity (Wildman–Crippen MR) is 78.5 cm³/mol. The zero-order chi connectivity index (χ0) is 15.7. The molecule has 1 aromatic rings. The molecular weight excluding hydrogens is 276 g/mol. The fourth-order valence-corrected chi connectivity index (χ4v) is 1.42. The number of nitrogens with one attached hydrogen (secondary N) is 3. The molecule has 1 heterocycles. The summed E-state index contributed by atoms with van der Waals surface area (Å²) in [7, 11) is 3.27. The van der Waals surface area contributed by atoms with Crippen molar-refractivity contribution in [1.29, 1.82) is 0 Å². The van der Waals surface area contributed by atoms with Gasteiger partial charge in [-0.1, -0.05) is 0 Å². The minimum absolute atomic E-state index is 0.170. The number of ether oxygens (including phenoxy) is 2. The molecule has 0 saturated carbocycles. The van der Waals surface area contributed by atoms with Crippen LogP contribution in [0.2, 0.25) is 0 Å². The molecule has 3 N–H and O–H groups in total. The summed E-state index contributed by atoms with van der Waals surface area (Å²) in [5.74, 6) is 0.464. The average Bonchev–Trinajstić information content (AvgIpc) is 2.47. The summed E-state index contributed by atoms with van der Waals surface area (Å²) in [5, 5.41) is 8.45. The predicted octanol–water partition coefficient (Wildman–Crippen LogP) is -0.125. The Morgan fingerprint density at radius 1 is 1.29 bits per heavy atom. The van der Waals surface area contributed by atoms with Gasteiger partial charge in [-0.25, -0.2) is 0 Å². The highest BCUT2D eigenvalue weighted by Gasteiger charge is 2.15. The molecule has 0 saturated heterocycles. The van der Waals surface area contributed by atoms with Crippen molar-refractivity contribution in [1.82, 2.24) is 20.3 Å². The molecule has 1 atom stereocenters. The molecule has 0 aliphatic carbocycles. The molecule has 1 amide bonds. The molecule has 1 unspecified atom stereocenters. The molecule has 21 heavy (non-hydrogen) atoms. The van der Waals surface area contributed by atoms with Crippen LogP contribution in [0.15, 0.2) is 0 Å². The minimum atomic E-state index is -0.497. The van der Waals surface area contributed by atoms with E-state index in [1.165, 1.54) is 0 Å². The van der Waals surface area contributed by atoms with E-state index in [2.05, 4.69) is 30.9 Å². The van der Waals surface area contributed by atoms with Crippen molar-refractivity contribution < 1.29 is 14.3 Å². The fourth-order valence-electron chi connectivity index (χ4n) is 1.42. The summed E-state index contributed by atoms with van der Waals surface area (Å²) < 4.78 is 10.1. The second-order valence-corrected chi connectivity index (χ2v) is 4.10. The maximum atomic E-state index is 11.8. The van der Waals surface area contributed by atoms with Crippen LogP contribution >= 0.6 is 0 Å². The van der Waals surface area contributed by atoms with E-state index in [9.17, 15) is 4.79 Å². The molecule has 0 aliphatic heterocycles. The van der Waals surface area contributed by atoms with Gasteiger partial charge in [-0.2, -0.15) is 15.0 Å². The molecule has 9 nitrogen and oxygen atoms in total. The first-order valence-corrected chi connectivity index (χ1v) is 6.70. The SMILES string of the molecule is CCOc1nc(NC)nc(NC(C)C(=O)NCCOC)n1. The van der Waals surface area contributed by atoms with Crippen molar-refractivity contribution in [2.75, 3.05) is 44.5 Å². The lowest BCUT2D eigenvalue weighted by Gasteiger charge is -2.14. The average molecular weight is 298 g/mol. The van der Waals surface area contributed by atoms with E-state index in [1.54, 1.807) is 21.1 Å². The third-order valence-electron chi connectivity index (χ3n) is 2.46. The Morgan fingerprint density at radius 3 is 2.62 bits per heavy atom. The lowest BCUT2D eigenvalue weighted by atomic mass is 10.3. The Morgan fingerprint density at radius 2 is 2.00 bits per heavy atom. The van der Waals surface area contributed by atoms with Gasteiger partial charge in [0.05, 0.1) is 13.2 Å². The molecule has 118 valence electrons. The van der Waals surface area contributed by atoms with Gasteiger partial charge in [0.15, 0.2) is 0 Å². The van der Waals surface area contributed by atoms with Crippen LogP contribution in [0.25, 0.3) is 0 Å².